The molecule has 0 radical (unpaired) electrons. The van der Waals surface area contributed by atoms with Crippen molar-refractivity contribution >= 4 is 5.91 Å². The molecule has 0 N–H and O–H groups in total. The van der Waals surface area contributed by atoms with Crippen LogP contribution in [0, 0.1) is 5.82 Å². The molecule has 0 saturated heterocycles. The number of carbonyl (C=O) groups excluding carboxylic acids is 1. The van der Waals surface area contributed by atoms with E-state index in [0.717, 1.165) is 17.0 Å². The van der Waals surface area contributed by atoms with Gasteiger partial charge in [-0.2, -0.15) is 13.2 Å². The predicted octanol–water partition coefficient (Wildman–Crippen LogP) is 4.13. The third-order valence-electron chi connectivity index (χ3n) is 3.45. The van der Waals surface area contributed by atoms with E-state index in [4.69, 9.17) is 4.74 Å². The van der Waals surface area contributed by atoms with E-state index in [9.17, 15) is 22.4 Å². The minimum absolute atomic E-state index is 0.0358. The van der Waals surface area contributed by atoms with Gasteiger partial charge in [0.2, 0.25) is 0 Å². The minimum Gasteiger partial charge on any atom is -0.494 e. The number of alkyl halides is 3. The second-order valence-electron chi connectivity index (χ2n) is 5.17. The van der Waals surface area contributed by atoms with Crippen molar-refractivity contribution in [1.29, 1.82) is 0 Å². The van der Waals surface area contributed by atoms with Crippen LogP contribution >= 0.6 is 0 Å². The number of hydrogen-bond acceptors (Lipinski definition) is 2. The average Bonchev–Trinajstić information content (AvgIpc) is 2.53. The van der Waals surface area contributed by atoms with E-state index >= 15 is 0 Å². The maximum absolute atomic E-state index is 13.7. The fourth-order valence-electron chi connectivity index (χ4n) is 2.28. The number of amides is 1. The number of rotatable bonds is 4. The molecule has 2 aromatic carbocycles. The summed E-state index contributed by atoms with van der Waals surface area (Å²) in [7, 11) is 2.68. The van der Waals surface area contributed by atoms with Crippen LogP contribution in [0.1, 0.15) is 21.5 Å². The molecule has 7 heteroatoms. The van der Waals surface area contributed by atoms with E-state index < -0.39 is 29.0 Å². The van der Waals surface area contributed by atoms with Gasteiger partial charge in [0, 0.05) is 13.6 Å². The third-order valence-corrected chi connectivity index (χ3v) is 3.45. The van der Waals surface area contributed by atoms with Crippen LogP contribution in [-0.4, -0.2) is 25.0 Å². The van der Waals surface area contributed by atoms with Gasteiger partial charge in [0.1, 0.15) is 0 Å². The summed E-state index contributed by atoms with van der Waals surface area (Å²) >= 11 is 0. The molecule has 0 bridgehead atoms. The summed E-state index contributed by atoms with van der Waals surface area (Å²) in [6.45, 7) is -0.0358. The molecule has 2 aromatic rings. The zero-order valence-corrected chi connectivity index (χ0v) is 13.0. The molecule has 1 amide bonds. The van der Waals surface area contributed by atoms with Gasteiger partial charge in [-0.05, 0) is 29.8 Å². The molecular weight excluding hydrogens is 326 g/mol. The number of benzene rings is 2. The van der Waals surface area contributed by atoms with E-state index in [0.29, 0.717) is 5.56 Å². The number of hydrogen-bond donors (Lipinski definition) is 0. The van der Waals surface area contributed by atoms with Crippen LogP contribution in [0.25, 0.3) is 0 Å². The molecule has 0 saturated carbocycles. The van der Waals surface area contributed by atoms with Crippen LogP contribution in [-0.2, 0) is 12.7 Å². The molecule has 0 spiro atoms. The first-order chi connectivity index (χ1) is 11.2. The highest BCUT2D eigenvalue weighted by Gasteiger charge is 2.35. The number of halogens is 4. The standard InChI is InChI=1S/C17H15F4NO2/c1-22(10-11-7-8-15(24-2)14(18)9-11)16(23)12-5-3-4-6-13(12)17(19,20)21/h3-9H,10H2,1-2H3. The van der Waals surface area contributed by atoms with E-state index in [1.54, 1.807) is 6.07 Å². The first-order valence-electron chi connectivity index (χ1n) is 6.98. The molecule has 0 aliphatic carbocycles. The predicted molar refractivity (Wildman–Crippen MR) is 80.2 cm³/mol. The largest absolute Gasteiger partial charge is 0.494 e. The highest BCUT2D eigenvalue weighted by atomic mass is 19.4. The van der Waals surface area contributed by atoms with E-state index in [-0.39, 0.29) is 12.3 Å². The van der Waals surface area contributed by atoms with Crippen LogP contribution in [0.4, 0.5) is 17.6 Å². The van der Waals surface area contributed by atoms with Crippen LogP contribution in [0.2, 0.25) is 0 Å². The quantitative estimate of drug-likeness (QED) is 0.783. The Morgan fingerprint density at radius 3 is 2.42 bits per heavy atom. The SMILES string of the molecule is COc1ccc(CN(C)C(=O)c2ccccc2C(F)(F)F)cc1F. The molecule has 0 heterocycles. The summed E-state index contributed by atoms with van der Waals surface area (Å²) in [5, 5.41) is 0. The van der Waals surface area contributed by atoms with Crippen LogP contribution < -0.4 is 4.74 Å². The summed E-state index contributed by atoms with van der Waals surface area (Å²) in [5.74, 6) is -1.35. The Kier molecular flexibility index (Phi) is 5.11. The van der Waals surface area contributed by atoms with Crippen molar-refractivity contribution in [2.45, 2.75) is 12.7 Å². The van der Waals surface area contributed by atoms with E-state index in [1.807, 2.05) is 0 Å². The van der Waals surface area contributed by atoms with Crippen molar-refractivity contribution in [2.24, 2.45) is 0 Å². The van der Waals surface area contributed by atoms with Gasteiger partial charge in [-0.25, -0.2) is 4.39 Å². The average molecular weight is 341 g/mol. The zero-order chi connectivity index (χ0) is 17.9. The maximum Gasteiger partial charge on any atom is 0.417 e. The van der Waals surface area contributed by atoms with Gasteiger partial charge in [-0.15, -0.1) is 0 Å². The summed E-state index contributed by atoms with van der Waals surface area (Å²) in [6.07, 6.45) is -4.63. The summed E-state index contributed by atoms with van der Waals surface area (Å²) in [6, 6.07) is 8.68. The van der Waals surface area contributed by atoms with Crippen molar-refractivity contribution < 1.29 is 27.1 Å². The fraction of sp³-hybridized carbons (Fsp3) is 0.235. The van der Waals surface area contributed by atoms with Crippen molar-refractivity contribution in [1.82, 2.24) is 4.90 Å². The first-order valence-corrected chi connectivity index (χ1v) is 6.98. The third kappa shape index (κ3) is 3.84. The molecule has 24 heavy (non-hydrogen) atoms. The van der Waals surface area contributed by atoms with Gasteiger partial charge in [-0.3, -0.25) is 4.79 Å². The van der Waals surface area contributed by atoms with Crippen LogP contribution in [0.15, 0.2) is 42.5 Å². The number of methoxy groups -OCH3 is 1. The van der Waals surface area contributed by atoms with E-state index in [2.05, 4.69) is 0 Å². The Bertz CT molecular complexity index is 744. The summed E-state index contributed by atoms with van der Waals surface area (Å²) in [5.41, 5.74) is -1.00. The second kappa shape index (κ2) is 6.90. The highest BCUT2D eigenvalue weighted by molar-refractivity contribution is 5.95. The number of carbonyl (C=O) groups is 1. The molecule has 128 valence electrons. The highest BCUT2D eigenvalue weighted by Crippen LogP contribution is 2.32. The molecule has 0 unspecified atom stereocenters. The maximum atomic E-state index is 13.7. The molecule has 0 aromatic heterocycles. The smallest absolute Gasteiger partial charge is 0.417 e. The Labute approximate surface area is 136 Å². The molecular formula is C17H15F4NO2. The molecule has 3 nitrogen and oxygen atoms in total. The van der Waals surface area contributed by atoms with Crippen LogP contribution in [0.3, 0.4) is 0 Å². The van der Waals surface area contributed by atoms with Crippen molar-refractivity contribution in [3.05, 3.63) is 65.0 Å². The lowest BCUT2D eigenvalue weighted by Crippen LogP contribution is -2.28. The lowest BCUT2D eigenvalue weighted by Gasteiger charge is -2.20. The van der Waals surface area contributed by atoms with Gasteiger partial charge in [0.25, 0.3) is 5.91 Å². The number of ether oxygens (including phenoxy) is 1. The van der Waals surface area contributed by atoms with E-state index in [1.165, 1.54) is 38.4 Å². The Morgan fingerprint density at radius 2 is 1.83 bits per heavy atom. The van der Waals surface area contributed by atoms with Crippen LogP contribution in [0.5, 0.6) is 5.75 Å². The van der Waals surface area contributed by atoms with Crippen molar-refractivity contribution in [2.75, 3.05) is 14.2 Å². The minimum atomic E-state index is -4.63. The number of nitrogens with zero attached hydrogens (tertiary/aromatic N) is 1. The fourth-order valence-corrected chi connectivity index (χ4v) is 2.28. The molecule has 0 fully saturated rings. The second-order valence-corrected chi connectivity index (χ2v) is 5.17. The van der Waals surface area contributed by atoms with Gasteiger partial charge in [0.15, 0.2) is 11.6 Å². The Hall–Kier alpha value is -2.57. The molecule has 0 atom stereocenters. The van der Waals surface area contributed by atoms with Gasteiger partial charge < -0.3 is 9.64 Å². The molecule has 0 aliphatic heterocycles. The summed E-state index contributed by atoms with van der Waals surface area (Å²) < 4.78 is 57.5. The first kappa shape index (κ1) is 17.8. The van der Waals surface area contributed by atoms with Gasteiger partial charge in [-0.1, -0.05) is 18.2 Å². The summed E-state index contributed by atoms with van der Waals surface area (Å²) in [4.78, 5) is 13.4. The lowest BCUT2D eigenvalue weighted by molar-refractivity contribution is -0.138. The Balaban J connectivity index is 2.23. The topological polar surface area (TPSA) is 29.5 Å². The Morgan fingerprint density at radius 1 is 1.17 bits per heavy atom. The van der Waals surface area contributed by atoms with Gasteiger partial charge in [0.05, 0.1) is 18.2 Å². The molecule has 0 aliphatic rings. The molecule has 2 rings (SSSR count). The monoisotopic (exact) mass is 341 g/mol. The lowest BCUT2D eigenvalue weighted by atomic mass is 10.1. The van der Waals surface area contributed by atoms with Gasteiger partial charge >= 0.3 is 6.18 Å². The van der Waals surface area contributed by atoms with Crippen molar-refractivity contribution in [3.63, 3.8) is 0 Å². The zero-order valence-electron chi connectivity index (χ0n) is 13.0. The van der Waals surface area contributed by atoms with Crippen molar-refractivity contribution in [3.8, 4) is 5.75 Å². The normalized spacial score (nSPS) is 11.2.